The first-order valence-corrected chi connectivity index (χ1v) is 5.11. The highest BCUT2D eigenvalue weighted by atomic mass is 35.5. The summed E-state index contributed by atoms with van der Waals surface area (Å²) in [6, 6.07) is 3.43. The highest BCUT2D eigenvalue weighted by molar-refractivity contribution is 6.61. The lowest BCUT2D eigenvalue weighted by molar-refractivity contribution is 0.0696. The predicted molar refractivity (Wildman–Crippen MR) is 64.0 cm³/mol. The maximum absolute atomic E-state index is 12.8. The number of anilines is 1. The van der Waals surface area contributed by atoms with Crippen LogP contribution in [-0.4, -0.2) is 23.1 Å². The van der Waals surface area contributed by atoms with Crippen LogP contribution in [0, 0.1) is 5.82 Å². The minimum atomic E-state index is -1.17. The number of hydrogen-bond donors (Lipinski definition) is 3. The van der Waals surface area contributed by atoms with Gasteiger partial charge in [-0.3, -0.25) is 5.84 Å². The number of rotatable bonds is 3. The largest absolute Gasteiger partial charge is 0.478 e. The Morgan fingerprint density at radius 2 is 2.17 bits per heavy atom. The second-order valence-electron chi connectivity index (χ2n) is 2.81. The van der Waals surface area contributed by atoms with Crippen molar-refractivity contribution in [2.75, 3.05) is 12.0 Å². The highest BCUT2D eigenvalue weighted by Crippen LogP contribution is 2.13. The summed E-state index contributed by atoms with van der Waals surface area (Å²) < 4.78 is 17.0. The van der Waals surface area contributed by atoms with Crippen molar-refractivity contribution in [1.82, 2.24) is 0 Å². The predicted octanol–water partition coefficient (Wildman–Crippen LogP) is 2.19. The Labute approximate surface area is 107 Å². The lowest BCUT2D eigenvalue weighted by Gasteiger charge is -2.01. The summed E-state index contributed by atoms with van der Waals surface area (Å²) in [6.45, 7) is 2.04. The number of hydrogen-bond acceptors (Lipinski definition) is 5. The van der Waals surface area contributed by atoms with Crippen LogP contribution in [0.25, 0.3) is 0 Å². The van der Waals surface area contributed by atoms with E-state index in [0.29, 0.717) is 6.61 Å². The second kappa shape index (κ2) is 8.26. The third kappa shape index (κ3) is 6.02. The van der Waals surface area contributed by atoms with Crippen molar-refractivity contribution in [2.24, 2.45) is 5.84 Å². The van der Waals surface area contributed by atoms with Crippen molar-refractivity contribution >= 4 is 28.7 Å². The molecule has 0 heterocycles. The fourth-order valence-corrected chi connectivity index (χ4v) is 0.988. The van der Waals surface area contributed by atoms with Crippen molar-refractivity contribution in [3.63, 3.8) is 0 Å². The fraction of sp³-hybridized carbons (Fsp3) is 0.200. The molecule has 0 saturated heterocycles. The molecule has 0 atom stereocenters. The summed E-state index contributed by atoms with van der Waals surface area (Å²) >= 11 is 4.72. The molecule has 0 aliphatic rings. The van der Waals surface area contributed by atoms with Crippen molar-refractivity contribution in [3.8, 4) is 0 Å². The standard InChI is InChI=1S/C7H7FN2O2.C3H5ClO2/c8-5-3-4(7(11)12)1-2-6(5)10-9;1-2-6-3(4)5/h1-3,10H,9H2,(H,11,12);2H2,1H3. The molecule has 0 aromatic heterocycles. The van der Waals surface area contributed by atoms with E-state index in [1.807, 2.05) is 0 Å². The first kappa shape index (κ1) is 16.1. The third-order valence-corrected chi connectivity index (χ3v) is 1.74. The van der Waals surface area contributed by atoms with Crippen LogP contribution < -0.4 is 11.3 Å². The molecular weight excluding hydrogens is 267 g/mol. The summed E-state index contributed by atoms with van der Waals surface area (Å²) in [7, 11) is 0. The Kier molecular flexibility index (Phi) is 7.41. The Balaban J connectivity index is 0.000000411. The Hall–Kier alpha value is -1.86. The first-order chi connectivity index (χ1) is 8.42. The Morgan fingerprint density at radius 3 is 2.44 bits per heavy atom. The lowest BCUT2D eigenvalue weighted by Crippen LogP contribution is -2.09. The van der Waals surface area contributed by atoms with Crippen LogP contribution in [0.4, 0.5) is 14.9 Å². The molecular formula is C10H12ClFN2O4. The molecule has 0 spiro atoms. The van der Waals surface area contributed by atoms with Crippen molar-refractivity contribution < 1.29 is 23.8 Å². The number of ether oxygens (including phenoxy) is 1. The van der Waals surface area contributed by atoms with Crippen molar-refractivity contribution in [2.45, 2.75) is 6.92 Å². The van der Waals surface area contributed by atoms with E-state index >= 15 is 0 Å². The van der Waals surface area contributed by atoms with Gasteiger partial charge in [-0.25, -0.2) is 14.0 Å². The summed E-state index contributed by atoms with van der Waals surface area (Å²) in [5.41, 5.74) is 1.32. The molecule has 1 rings (SSSR count). The van der Waals surface area contributed by atoms with Crippen LogP contribution in [0.15, 0.2) is 18.2 Å². The number of carboxylic acids is 1. The van der Waals surface area contributed by atoms with E-state index in [1.165, 1.54) is 12.1 Å². The zero-order valence-electron chi connectivity index (χ0n) is 9.44. The summed E-state index contributed by atoms with van der Waals surface area (Å²) in [4.78, 5) is 19.9. The molecule has 0 bridgehead atoms. The van der Waals surface area contributed by atoms with Gasteiger partial charge < -0.3 is 15.3 Å². The van der Waals surface area contributed by atoms with E-state index in [4.69, 9.17) is 22.6 Å². The fourth-order valence-electron chi connectivity index (χ4n) is 0.879. The molecule has 0 aliphatic carbocycles. The number of nitrogens with one attached hydrogen (secondary N) is 1. The van der Waals surface area contributed by atoms with Gasteiger partial charge in [0.2, 0.25) is 0 Å². The smallest absolute Gasteiger partial charge is 0.403 e. The Bertz CT molecular complexity index is 428. The molecule has 1 aromatic rings. The van der Waals surface area contributed by atoms with E-state index in [1.54, 1.807) is 6.92 Å². The second-order valence-corrected chi connectivity index (χ2v) is 3.12. The number of carbonyl (C=O) groups excluding carboxylic acids is 1. The van der Waals surface area contributed by atoms with Gasteiger partial charge in [-0.15, -0.1) is 0 Å². The number of aromatic carboxylic acids is 1. The van der Waals surface area contributed by atoms with Crippen LogP contribution in [0.5, 0.6) is 0 Å². The molecule has 18 heavy (non-hydrogen) atoms. The molecule has 0 radical (unpaired) electrons. The lowest BCUT2D eigenvalue weighted by atomic mass is 10.2. The van der Waals surface area contributed by atoms with Crippen molar-refractivity contribution in [3.05, 3.63) is 29.6 Å². The zero-order valence-corrected chi connectivity index (χ0v) is 10.2. The third-order valence-electron chi connectivity index (χ3n) is 1.63. The number of carboxylic acid groups (broad SMARTS) is 1. The molecule has 0 aliphatic heterocycles. The number of carbonyl (C=O) groups is 2. The van der Waals surface area contributed by atoms with Gasteiger partial charge in [0.15, 0.2) is 0 Å². The minimum absolute atomic E-state index is 0.0694. The van der Waals surface area contributed by atoms with Gasteiger partial charge in [-0.05, 0) is 25.1 Å². The normalized spacial score (nSPS) is 8.89. The number of halogens is 2. The van der Waals surface area contributed by atoms with Gasteiger partial charge >= 0.3 is 11.4 Å². The molecule has 1 aromatic carbocycles. The van der Waals surface area contributed by atoms with Crippen LogP contribution in [0.2, 0.25) is 0 Å². The van der Waals surface area contributed by atoms with Gasteiger partial charge in [0, 0.05) is 11.6 Å². The van der Waals surface area contributed by atoms with E-state index < -0.39 is 17.2 Å². The van der Waals surface area contributed by atoms with E-state index in [0.717, 1.165) is 6.07 Å². The summed E-state index contributed by atoms with van der Waals surface area (Å²) in [5.74, 6) is 3.09. The van der Waals surface area contributed by atoms with Gasteiger partial charge in [0.05, 0.1) is 17.9 Å². The quantitative estimate of drug-likeness (QED) is 0.445. The molecule has 6 nitrogen and oxygen atoms in total. The molecule has 0 unspecified atom stereocenters. The van der Waals surface area contributed by atoms with Crippen LogP contribution in [-0.2, 0) is 4.74 Å². The van der Waals surface area contributed by atoms with E-state index in [9.17, 15) is 14.0 Å². The minimum Gasteiger partial charge on any atom is -0.478 e. The molecule has 0 amide bonds. The van der Waals surface area contributed by atoms with Crippen LogP contribution >= 0.6 is 11.6 Å². The van der Waals surface area contributed by atoms with Gasteiger partial charge in [-0.2, -0.15) is 0 Å². The average Bonchev–Trinajstić information content (AvgIpc) is 2.29. The molecule has 8 heteroatoms. The summed E-state index contributed by atoms with van der Waals surface area (Å²) in [5, 5.41) is 8.45. The maximum Gasteiger partial charge on any atom is 0.403 e. The number of benzene rings is 1. The number of hydrazine groups is 1. The van der Waals surface area contributed by atoms with E-state index in [2.05, 4.69) is 10.2 Å². The van der Waals surface area contributed by atoms with Crippen LogP contribution in [0.1, 0.15) is 17.3 Å². The zero-order chi connectivity index (χ0) is 14.1. The van der Waals surface area contributed by atoms with Crippen molar-refractivity contribution in [1.29, 1.82) is 0 Å². The molecule has 0 saturated carbocycles. The number of nitrogen functional groups attached to an aromatic ring is 1. The van der Waals surface area contributed by atoms with E-state index in [-0.39, 0.29) is 11.3 Å². The molecule has 100 valence electrons. The van der Waals surface area contributed by atoms with Crippen LogP contribution in [0.3, 0.4) is 0 Å². The van der Waals surface area contributed by atoms with Gasteiger partial charge in [0.1, 0.15) is 5.82 Å². The molecule has 4 N–H and O–H groups in total. The average molecular weight is 279 g/mol. The maximum atomic E-state index is 12.8. The topological polar surface area (TPSA) is 102 Å². The van der Waals surface area contributed by atoms with Gasteiger partial charge in [0.25, 0.3) is 0 Å². The Morgan fingerprint density at radius 1 is 1.56 bits per heavy atom. The SMILES string of the molecule is CCOC(=O)Cl.NNc1ccc(C(=O)O)cc1F. The highest BCUT2D eigenvalue weighted by Gasteiger charge is 2.06. The molecule has 0 fully saturated rings. The number of nitrogens with two attached hydrogens (primary N) is 1. The monoisotopic (exact) mass is 278 g/mol. The summed E-state index contributed by atoms with van der Waals surface area (Å²) in [6.07, 6.45) is 0. The first-order valence-electron chi connectivity index (χ1n) is 4.74. The van der Waals surface area contributed by atoms with Gasteiger partial charge in [-0.1, -0.05) is 0 Å².